The van der Waals surface area contributed by atoms with Crippen molar-refractivity contribution in [2.24, 2.45) is 0 Å². The minimum absolute atomic E-state index is 0.188. The molecule has 0 spiro atoms. The molecule has 0 aliphatic carbocycles. The van der Waals surface area contributed by atoms with Gasteiger partial charge in [-0.05, 0) is 19.1 Å². The molecule has 2 heteroatoms. The van der Waals surface area contributed by atoms with E-state index in [9.17, 15) is 4.79 Å². The summed E-state index contributed by atoms with van der Waals surface area (Å²) < 4.78 is 0. The predicted octanol–water partition coefficient (Wildman–Crippen LogP) is 5.23. The monoisotopic (exact) mass is 258 g/mol. The number of carbonyl (C=O) groups excluding carboxylic acids is 1. The van der Waals surface area contributed by atoms with Crippen LogP contribution in [0.5, 0.6) is 0 Å². The molecule has 0 aromatic carbocycles. The second kappa shape index (κ2) is 14.1. The maximum atomic E-state index is 10.4. The average Bonchev–Trinajstić information content (AvgIpc) is 2.35. The summed E-state index contributed by atoms with van der Waals surface area (Å²) >= 11 is 1.79. The summed E-state index contributed by atoms with van der Waals surface area (Å²) in [6.45, 7) is 4.25. The molecule has 1 atom stereocenters. The lowest BCUT2D eigenvalue weighted by Crippen LogP contribution is -1.97. The van der Waals surface area contributed by atoms with Gasteiger partial charge in [-0.1, -0.05) is 64.7 Å². The molecule has 0 saturated carbocycles. The molecule has 1 unspecified atom stereocenters. The molecule has 0 rings (SSSR count). The van der Waals surface area contributed by atoms with Gasteiger partial charge in [-0.2, -0.15) is 11.8 Å². The normalized spacial score (nSPS) is 12.6. The van der Waals surface area contributed by atoms with Gasteiger partial charge in [0, 0.05) is 0 Å². The van der Waals surface area contributed by atoms with Crippen molar-refractivity contribution in [1.82, 2.24) is 0 Å². The SMILES string of the molecule is CCCCCCCCCCCCSC(C)C=O. The number of rotatable bonds is 13. The lowest BCUT2D eigenvalue weighted by Gasteiger charge is -2.04. The Morgan fingerprint density at radius 3 is 1.82 bits per heavy atom. The summed E-state index contributed by atoms with van der Waals surface area (Å²) in [6.07, 6.45) is 14.9. The van der Waals surface area contributed by atoms with Crippen molar-refractivity contribution in [3.8, 4) is 0 Å². The minimum Gasteiger partial charge on any atom is -0.302 e. The van der Waals surface area contributed by atoms with E-state index in [-0.39, 0.29) is 5.25 Å². The van der Waals surface area contributed by atoms with E-state index < -0.39 is 0 Å². The van der Waals surface area contributed by atoms with Gasteiger partial charge in [0.2, 0.25) is 0 Å². The maximum absolute atomic E-state index is 10.4. The molecule has 0 N–H and O–H groups in total. The molecule has 0 aliphatic rings. The summed E-state index contributed by atoms with van der Waals surface area (Å²) in [7, 11) is 0. The van der Waals surface area contributed by atoms with Crippen LogP contribution in [0.3, 0.4) is 0 Å². The maximum Gasteiger partial charge on any atom is 0.132 e. The first-order valence-electron chi connectivity index (χ1n) is 7.38. The molecule has 0 aromatic heterocycles. The molecule has 0 amide bonds. The van der Waals surface area contributed by atoms with Gasteiger partial charge in [-0.25, -0.2) is 0 Å². The van der Waals surface area contributed by atoms with Crippen LogP contribution in [0, 0.1) is 0 Å². The Labute approximate surface area is 112 Å². The van der Waals surface area contributed by atoms with Crippen molar-refractivity contribution in [1.29, 1.82) is 0 Å². The Morgan fingerprint density at radius 2 is 1.35 bits per heavy atom. The second-order valence-electron chi connectivity index (χ2n) is 4.89. The largest absolute Gasteiger partial charge is 0.302 e. The van der Waals surface area contributed by atoms with Gasteiger partial charge in [0.05, 0.1) is 5.25 Å². The molecule has 102 valence electrons. The van der Waals surface area contributed by atoms with E-state index in [1.54, 1.807) is 11.8 Å². The number of hydrogen-bond donors (Lipinski definition) is 0. The van der Waals surface area contributed by atoms with Crippen LogP contribution in [0.2, 0.25) is 0 Å². The van der Waals surface area contributed by atoms with E-state index in [4.69, 9.17) is 0 Å². The van der Waals surface area contributed by atoms with Gasteiger partial charge >= 0.3 is 0 Å². The fourth-order valence-electron chi connectivity index (χ4n) is 1.90. The molecule has 0 heterocycles. The van der Waals surface area contributed by atoms with Crippen LogP contribution in [0.25, 0.3) is 0 Å². The van der Waals surface area contributed by atoms with Crippen LogP contribution in [0.4, 0.5) is 0 Å². The highest BCUT2D eigenvalue weighted by molar-refractivity contribution is 8.00. The highest BCUT2D eigenvalue weighted by Crippen LogP contribution is 2.14. The molecule has 0 bridgehead atoms. The van der Waals surface area contributed by atoms with Gasteiger partial charge in [0.1, 0.15) is 6.29 Å². The van der Waals surface area contributed by atoms with Crippen molar-refractivity contribution in [2.75, 3.05) is 5.75 Å². The lowest BCUT2D eigenvalue weighted by molar-refractivity contribution is -0.107. The van der Waals surface area contributed by atoms with Gasteiger partial charge < -0.3 is 4.79 Å². The zero-order valence-corrected chi connectivity index (χ0v) is 12.6. The Hall–Kier alpha value is 0.0200. The van der Waals surface area contributed by atoms with Gasteiger partial charge in [-0.3, -0.25) is 0 Å². The van der Waals surface area contributed by atoms with Crippen LogP contribution in [-0.4, -0.2) is 17.3 Å². The molecule has 0 aliphatic heterocycles. The van der Waals surface area contributed by atoms with Gasteiger partial charge in [0.15, 0.2) is 0 Å². The molecular weight excluding hydrogens is 228 g/mol. The number of unbranched alkanes of at least 4 members (excludes halogenated alkanes) is 9. The van der Waals surface area contributed by atoms with E-state index >= 15 is 0 Å². The summed E-state index contributed by atoms with van der Waals surface area (Å²) in [5, 5.41) is 0.188. The first-order chi connectivity index (χ1) is 8.31. The molecule has 0 aromatic rings. The molecule has 1 nitrogen and oxygen atoms in total. The summed E-state index contributed by atoms with van der Waals surface area (Å²) in [5.41, 5.74) is 0. The Bertz CT molecular complexity index is 159. The van der Waals surface area contributed by atoms with Crippen LogP contribution in [0.1, 0.15) is 78.1 Å². The highest BCUT2D eigenvalue weighted by atomic mass is 32.2. The Morgan fingerprint density at radius 1 is 0.882 bits per heavy atom. The van der Waals surface area contributed by atoms with Crippen molar-refractivity contribution >= 4 is 18.0 Å². The Balaban J connectivity index is 2.96. The van der Waals surface area contributed by atoms with Crippen molar-refractivity contribution in [3.05, 3.63) is 0 Å². The second-order valence-corrected chi connectivity index (χ2v) is 6.38. The van der Waals surface area contributed by atoms with E-state index in [0.29, 0.717) is 0 Å². The zero-order valence-electron chi connectivity index (χ0n) is 11.7. The van der Waals surface area contributed by atoms with E-state index in [2.05, 4.69) is 6.92 Å². The third-order valence-corrected chi connectivity index (χ3v) is 4.23. The third kappa shape index (κ3) is 14.0. The highest BCUT2D eigenvalue weighted by Gasteiger charge is 1.98. The number of aldehydes is 1. The summed E-state index contributed by atoms with van der Waals surface area (Å²) in [5.74, 6) is 1.15. The quantitative estimate of drug-likeness (QED) is 0.332. The topological polar surface area (TPSA) is 17.1 Å². The third-order valence-electron chi connectivity index (χ3n) is 3.07. The number of carbonyl (C=O) groups is 1. The van der Waals surface area contributed by atoms with Crippen LogP contribution < -0.4 is 0 Å². The van der Waals surface area contributed by atoms with E-state index in [0.717, 1.165) is 12.0 Å². The van der Waals surface area contributed by atoms with Crippen molar-refractivity contribution in [3.63, 3.8) is 0 Å². The summed E-state index contributed by atoms with van der Waals surface area (Å²) in [6, 6.07) is 0. The first-order valence-corrected chi connectivity index (χ1v) is 8.43. The van der Waals surface area contributed by atoms with Crippen LogP contribution in [-0.2, 0) is 4.79 Å². The van der Waals surface area contributed by atoms with Crippen LogP contribution >= 0.6 is 11.8 Å². The molecular formula is C15H30OS. The van der Waals surface area contributed by atoms with Crippen molar-refractivity contribution in [2.45, 2.75) is 83.3 Å². The van der Waals surface area contributed by atoms with Gasteiger partial charge in [0.25, 0.3) is 0 Å². The molecule has 0 saturated heterocycles. The molecule has 17 heavy (non-hydrogen) atoms. The van der Waals surface area contributed by atoms with E-state index in [1.165, 1.54) is 64.2 Å². The predicted molar refractivity (Wildman–Crippen MR) is 79.8 cm³/mol. The number of thioether (sulfide) groups is 1. The zero-order chi connectivity index (χ0) is 12.8. The summed E-state index contributed by atoms with van der Waals surface area (Å²) in [4.78, 5) is 10.4. The fourth-order valence-corrected chi connectivity index (χ4v) is 2.72. The van der Waals surface area contributed by atoms with Crippen LogP contribution in [0.15, 0.2) is 0 Å². The molecule has 0 radical (unpaired) electrons. The average molecular weight is 258 g/mol. The minimum atomic E-state index is 0.188. The van der Waals surface area contributed by atoms with Crippen molar-refractivity contribution < 1.29 is 4.79 Å². The lowest BCUT2D eigenvalue weighted by atomic mass is 10.1. The van der Waals surface area contributed by atoms with Gasteiger partial charge in [-0.15, -0.1) is 0 Å². The van der Waals surface area contributed by atoms with E-state index in [1.807, 2.05) is 6.92 Å². The fraction of sp³-hybridized carbons (Fsp3) is 0.933. The molecule has 0 fully saturated rings. The first kappa shape index (κ1) is 17.0. The Kier molecular flexibility index (Phi) is 14.1. The number of hydrogen-bond acceptors (Lipinski definition) is 2. The smallest absolute Gasteiger partial charge is 0.132 e. The standard InChI is InChI=1S/C15H30OS/c1-3-4-5-6-7-8-9-10-11-12-13-17-15(2)14-16/h14-15H,3-13H2,1-2H3.